The lowest BCUT2D eigenvalue weighted by atomic mass is 10.0. The zero-order valence-electron chi connectivity index (χ0n) is 16.6. The van der Waals surface area contributed by atoms with Gasteiger partial charge < -0.3 is 19.9 Å². The molecular formula is C20H23IN4O5. The first-order valence-corrected chi connectivity index (χ1v) is 11.0. The molecule has 0 spiro atoms. The average Bonchev–Trinajstić information content (AvgIpc) is 3.03. The third-order valence-electron chi connectivity index (χ3n) is 5.64. The standard InChI is InChI=1S/C20H23IN4O5/c1-11-9-24(4-5-30-11)18(27)8-22-12-6-13-14(15(21)7-12)10-25(20(13)29)16-2-3-17(26)23-19(16)28/h6-7,11,16,22H,2-5,8-10H2,1H3,(H,23,26,28). The lowest BCUT2D eigenvalue weighted by Crippen LogP contribution is -2.52. The highest BCUT2D eigenvalue weighted by Crippen LogP contribution is 2.33. The molecule has 2 saturated heterocycles. The van der Waals surface area contributed by atoms with Gasteiger partial charge in [0.25, 0.3) is 5.91 Å². The van der Waals surface area contributed by atoms with Gasteiger partial charge in [0, 0.05) is 40.9 Å². The van der Waals surface area contributed by atoms with Gasteiger partial charge in [0.2, 0.25) is 17.7 Å². The predicted molar refractivity (Wildman–Crippen MR) is 116 cm³/mol. The fourth-order valence-electron chi connectivity index (χ4n) is 4.05. The third-order valence-corrected chi connectivity index (χ3v) is 6.60. The van der Waals surface area contributed by atoms with Crippen LogP contribution >= 0.6 is 22.6 Å². The number of nitrogens with zero attached hydrogens (tertiary/aromatic N) is 2. The van der Waals surface area contributed by atoms with Crippen LogP contribution in [0.4, 0.5) is 5.69 Å². The molecule has 9 nitrogen and oxygen atoms in total. The van der Waals surface area contributed by atoms with E-state index in [4.69, 9.17) is 4.74 Å². The van der Waals surface area contributed by atoms with Crippen molar-refractivity contribution in [1.29, 1.82) is 0 Å². The number of anilines is 1. The van der Waals surface area contributed by atoms with Crippen LogP contribution in [0.3, 0.4) is 0 Å². The third kappa shape index (κ3) is 4.15. The molecule has 10 heteroatoms. The molecule has 1 aromatic carbocycles. The van der Waals surface area contributed by atoms with Crippen molar-refractivity contribution < 1.29 is 23.9 Å². The van der Waals surface area contributed by atoms with Crippen molar-refractivity contribution in [2.24, 2.45) is 0 Å². The molecule has 0 saturated carbocycles. The van der Waals surface area contributed by atoms with Gasteiger partial charge in [-0.3, -0.25) is 24.5 Å². The number of carbonyl (C=O) groups excluding carboxylic acids is 4. The molecule has 0 radical (unpaired) electrons. The SMILES string of the molecule is CC1CN(C(=O)CNc2cc(I)c3c(c2)C(=O)N(C2CCC(=O)NC2=O)C3)CCO1. The summed E-state index contributed by atoms with van der Waals surface area (Å²) in [7, 11) is 0. The van der Waals surface area contributed by atoms with Gasteiger partial charge >= 0.3 is 0 Å². The second kappa shape index (κ2) is 8.50. The fourth-order valence-corrected chi connectivity index (χ4v) is 4.85. The number of halogens is 1. The highest BCUT2D eigenvalue weighted by molar-refractivity contribution is 14.1. The fraction of sp³-hybridized carbons (Fsp3) is 0.500. The topological polar surface area (TPSA) is 108 Å². The molecule has 0 aliphatic carbocycles. The minimum Gasteiger partial charge on any atom is -0.376 e. The summed E-state index contributed by atoms with van der Waals surface area (Å²) in [4.78, 5) is 52.4. The van der Waals surface area contributed by atoms with E-state index in [1.807, 2.05) is 13.0 Å². The van der Waals surface area contributed by atoms with Gasteiger partial charge in [-0.2, -0.15) is 0 Å². The zero-order valence-corrected chi connectivity index (χ0v) is 18.7. The van der Waals surface area contributed by atoms with Crippen LogP contribution < -0.4 is 10.6 Å². The Morgan fingerprint density at radius 2 is 2.13 bits per heavy atom. The molecule has 0 bridgehead atoms. The lowest BCUT2D eigenvalue weighted by molar-refractivity contribution is -0.137. The first-order valence-electron chi connectivity index (χ1n) is 9.94. The Balaban J connectivity index is 1.44. The number of imide groups is 1. The van der Waals surface area contributed by atoms with Crippen LogP contribution in [0.5, 0.6) is 0 Å². The number of ether oxygens (including phenoxy) is 1. The van der Waals surface area contributed by atoms with Crippen LogP contribution in [0.25, 0.3) is 0 Å². The van der Waals surface area contributed by atoms with Crippen LogP contribution in [-0.4, -0.2) is 71.8 Å². The van der Waals surface area contributed by atoms with Gasteiger partial charge in [0.1, 0.15) is 6.04 Å². The van der Waals surface area contributed by atoms with Gasteiger partial charge in [0.15, 0.2) is 0 Å². The maximum Gasteiger partial charge on any atom is 0.255 e. The van der Waals surface area contributed by atoms with Crippen molar-refractivity contribution in [3.05, 3.63) is 26.8 Å². The van der Waals surface area contributed by atoms with Crippen molar-refractivity contribution in [3.8, 4) is 0 Å². The van der Waals surface area contributed by atoms with Crippen molar-refractivity contribution in [2.45, 2.75) is 38.5 Å². The molecule has 30 heavy (non-hydrogen) atoms. The van der Waals surface area contributed by atoms with E-state index in [1.54, 1.807) is 11.0 Å². The van der Waals surface area contributed by atoms with Crippen molar-refractivity contribution in [2.75, 3.05) is 31.6 Å². The Morgan fingerprint density at radius 1 is 1.33 bits per heavy atom. The number of fused-ring (bicyclic) bond motifs is 1. The predicted octanol–water partition coefficient (Wildman–Crippen LogP) is 0.711. The Morgan fingerprint density at radius 3 is 2.87 bits per heavy atom. The maximum absolute atomic E-state index is 13.0. The van der Waals surface area contributed by atoms with Crippen LogP contribution in [0.2, 0.25) is 0 Å². The van der Waals surface area contributed by atoms with Crippen LogP contribution in [0, 0.1) is 3.57 Å². The summed E-state index contributed by atoms with van der Waals surface area (Å²) < 4.78 is 6.36. The van der Waals surface area contributed by atoms with Gasteiger partial charge in [0.05, 0.1) is 19.3 Å². The quantitative estimate of drug-likeness (QED) is 0.442. The first-order chi connectivity index (χ1) is 14.3. The number of nitrogens with one attached hydrogen (secondary N) is 2. The van der Waals surface area contributed by atoms with E-state index in [2.05, 4.69) is 33.2 Å². The van der Waals surface area contributed by atoms with E-state index in [0.717, 1.165) is 9.13 Å². The van der Waals surface area contributed by atoms with E-state index in [-0.39, 0.29) is 36.8 Å². The lowest BCUT2D eigenvalue weighted by Gasteiger charge is -2.31. The first kappa shape index (κ1) is 21.0. The summed E-state index contributed by atoms with van der Waals surface area (Å²) in [5, 5.41) is 5.43. The van der Waals surface area contributed by atoms with E-state index in [1.165, 1.54) is 4.90 Å². The Kier molecular flexibility index (Phi) is 5.96. The molecule has 2 unspecified atom stereocenters. The molecule has 2 N–H and O–H groups in total. The maximum atomic E-state index is 13.0. The number of morpholine rings is 1. The highest BCUT2D eigenvalue weighted by Gasteiger charge is 2.40. The smallest absolute Gasteiger partial charge is 0.255 e. The number of hydrogen-bond donors (Lipinski definition) is 2. The number of rotatable bonds is 4. The molecule has 3 heterocycles. The summed E-state index contributed by atoms with van der Waals surface area (Å²) in [6.45, 7) is 4.09. The molecule has 160 valence electrons. The van der Waals surface area contributed by atoms with Gasteiger partial charge in [-0.25, -0.2) is 0 Å². The molecule has 3 aliphatic heterocycles. The minimum atomic E-state index is -0.639. The normalized spacial score (nSPS) is 24.0. The molecule has 4 rings (SSSR count). The summed E-state index contributed by atoms with van der Waals surface area (Å²) in [5.41, 5.74) is 2.08. The summed E-state index contributed by atoms with van der Waals surface area (Å²) in [6.07, 6.45) is 0.584. The van der Waals surface area contributed by atoms with Crippen LogP contribution in [0.15, 0.2) is 12.1 Å². The second-order valence-electron chi connectivity index (χ2n) is 7.76. The largest absolute Gasteiger partial charge is 0.376 e. The van der Waals surface area contributed by atoms with E-state index in [0.29, 0.717) is 43.9 Å². The van der Waals surface area contributed by atoms with Crippen LogP contribution in [-0.2, 0) is 25.7 Å². The Bertz CT molecular complexity index is 921. The highest BCUT2D eigenvalue weighted by atomic mass is 127. The second-order valence-corrected chi connectivity index (χ2v) is 8.92. The van der Waals surface area contributed by atoms with E-state index in [9.17, 15) is 19.2 Å². The van der Waals surface area contributed by atoms with Crippen molar-refractivity contribution in [3.63, 3.8) is 0 Å². The van der Waals surface area contributed by atoms with Crippen molar-refractivity contribution >= 4 is 51.9 Å². The van der Waals surface area contributed by atoms with Crippen LogP contribution in [0.1, 0.15) is 35.7 Å². The molecule has 4 amide bonds. The Labute approximate surface area is 187 Å². The molecular weight excluding hydrogens is 503 g/mol. The number of piperidine rings is 1. The summed E-state index contributed by atoms with van der Waals surface area (Å²) in [6, 6.07) is 3.00. The van der Waals surface area contributed by atoms with Crippen molar-refractivity contribution in [1.82, 2.24) is 15.1 Å². The number of hydrogen-bond acceptors (Lipinski definition) is 6. The van der Waals surface area contributed by atoms with Gasteiger partial charge in [-0.15, -0.1) is 0 Å². The van der Waals surface area contributed by atoms with Gasteiger partial charge in [-0.05, 0) is 53.6 Å². The van der Waals surface area contributed by atoms with E-state index < -0.39 is 11.9 Å². The average molecular weight is 526 g/mol. The summed E-state index contributed by atoms with van der Waals surface area (Å²) in [5.74, 6) is -0.974. The Hall–Kier alpha value is -2.21. The zero-order chi connectivity index (χ0) is 21.4. The molecule has 1 aromatic rings. The minimum absolute atomic E-state index is 0.0165. The summed E-state index contributed by atoms with van der Waals surface area (Å²) >= 11 is 2.17. The van der Waals surface area contributed by atoms with E-state index >= 15 is 0 Å². The number of amides is 4. The molecule has 2 fully saturated rings. The molecule has 3 aliphatic rings. The number of benzene rings is 1. The molecule has 0 aromatic heterocycles. The van der Waals surface area contributed by atoms with Gasteiger partial charge in [-0.1, -0.05) is 0 Å². The molecule has 2 atom stereocenters. The monoisotopic (exact) mass is 526 g/mol. The number of carbonyl (C=O) groups is 4.